The van der Waals surface area contributed by atoms with E-state index in [0.717, 1.165) is 43.0 Å². The topological polar surface area (TPSA) is 46.0 Å². The molecule has 0 bridgehead atoms. The Hall–Kier alpha value is -1.40. The second-order valence-electron chi connectivity index (χ2n) is 4.92. The van der Waals surface area contributed by atoms with Crippen LogP contribution in [0.15, 0.2) is 29.0 Å². The maximum Gasteiger partial charge on any atom is 0.152 e. The molecule has 1 N–H and O–H groups in total. The molecule has 5 nitrogen and oxygen atoms in total. The fourth-order valence-corrected chi connectivity index (χ4v) is 2.86. The van der Waals surface area contributed by atoms with Crippen molar-refractivity contribution in [1.82, 2.24) is 20.1 Å². The van der Waals surface area contributed by atoms with Crippen molar-refractivity contribution in [2.24, 2.45) is 0 Å². The molecule has 0 radical (unpaired) electrons. The number of rotatable bonds is 4. The Morgan fingerprint density at radius 2 is 2.25 bits per heavy atom. The zero-order chi connectivity index (χ0) is 13.9. The van der Waals surface area contributed by atoms with E-state index in [9.17, 15) is 0 Å². The predicted molar refractivity (Wildman–Crippen MR) is 82.6 cm³/mol. The Morgan fingerprint density at radius 1 is 1.35 bits per heavy atom. The van der Waals surface area contributed by atoms with Gasteiger partial charge in [0.1, 0.15) is 6.33 Å². The molecule has 6 heteroatoms. The van der Waals surface area contributed by atoms with Gasteiger partial charge in [-0.2, -0.15) is 0 Å². The molecule has 0 saturated heterocycles. The number of hydrogen-bond acceptors (Lipinski definition) is 4. The normalized spacial score (nSPS) is 14.4. The molecular formula is C14H18BrN5. The summed E-state index contributed by atoms with van der Waals surface area (Å²) in [5.74, 6) is 1.03. The molecule has 106 valence electrons. The molecule has 2 heterocycles. The van der Waals surface area contributed by atoms with Crippen molar-refractivity contribution in [2.75, 3.05) is 18.0 Å². The van der Waals surface area contributed by atoms with Gasteiger partial charge < -0.3 is 14.8 Å². The van der Waals surface area contributed by atoms with E-state index in [1.807, 2.05) is 6.33 Å². The lowest BCUT2D eigenvalue weighted by atomic mass is 10.1. The Labute approximate surface area is 127 Å². The zero-order valence-electron chi connectivity index (χ0n) is 11.5. The third kappa shape index (κ3) is 2.71. The van der Waals surface area contributed by atoms with Gasteiger partial charge in [0.25, 0.3) is 0 Å². The average molecular weight is 336 g/mol. The van der Waals surface area contributed by atoms with Gasteiger partial charge in [-0.15, -0.1) is 10.2 Å². The van der Waals surface area contributed by atoms with Crippen molar-refractivity contribution in [1.29, 1.82) is 0 Å². The molecule has 0 fully saturated rings. The van der Waals surface area contributed by atoms with Crippen molar-refractivity contribution in [2.45, 2.75) is 26.6 Å². The molecule has 3 rings (SSSR count). The van der Waals surface area contributed by atoms with Crippen LogP contribution in [0.1, 0.15) is 18.3 Å². The maximum absolute atomic E-state index is 4.19. The van der Waals surface area contributed by atoms with Gasteiger partial charge in [-0.1, -0.05) is 28.9 Å². The van der Waals surface area contributed by atoms with E-state index in [1.54, 1.807) is 0 Å². The minimum atomic E-state index is 0.815. The molecule has 1 aromatic carbocycles. The fraction of sp³-hybridized carbons (Fsp3) is 0.429. The summed E-state index contributed by atoms with van der Waals surface area (Å²) < 4.78 is 3.23. The SMILES string of the molecule is CCNCc1ccc(Br)cc1N1CCn2cnnc2C1. The first-order chi connectivity index (χ1) is 9.78. The standard InChI is InChI=1S/C14H18BrN5/c1-2-16-8-11-3-4-12(15)7-13(11)19-5-6-20-10-17-18-14(20)9-19/h3-4,7,10,16H,2,5-6,8-9H2,1H3. The van der Waals surface area contributed by atoms with Gasteiger partial charge in [-0.3, -0.25) is 0 Å². The first-order valence-electron chi connectivity index (χ1n) is 6.88. The summed E-state index contributed by atoms with van der Waals surface area (Å²) in [6.45, 7) is 6.74. The lowest BCUT2D eigenvalue weighted by Gasteiger charge is -2.31. The summed E-state index contributed by atoms with van der Waals surface area (Å²) in [5, 5.41) is 11.6. The summed E-state index contributed by atoms with van der Waals surface area (Å²) in [6, 6.07) is 6.47. The van der Waals surface area contributed by atoms with Crippen molar-refractivity contribution in [3.63, 3.8) is 0 Å². The van der Waals surface area contributed by atoms with Crippen LogP contribution in [0.3, 0.4) is 0 Å². The molecule has 0 spiro atoms. The van der Waals surface area contributed by atoms with Crippen LogP contribution in [0.4, 0.5) is 5.69 Å². The average Bonchev–Trinajstić information content (AvgIpc) is 2.93. The Bertz CT molecular complexity index is 595. The Morgan fingerprint density at radius 3 is 3.10 bits per heavy atom. The minimum absolute atomic E-state index is 0.815. The van der Waals surface area contributed by atoms with Crippen LogP contribution in [0.2, 0.25) is 0 Å². The van der Waals surface area contributed by atoms with E-state index in [1.165, 1.54) is 11.3 Å². The molecule has 1 aliphatic heterocycles. The zero-order valence-corrected chi connectivity index (χ0v) is 13.1. The summed E-state index contributed by atoms with van der Waals surface area (Å²) in [7, 11) is 0. The van der Waals surface area contributed by atoms with Crippen LogP contribution in [0, 0.1) is 0 Å². The van der Waals surface area contributed by atoms with E-state index < -0.39 is 0 Å². The molecule has 2 aromatic rings. The largest absolute Gasteiger partial charge is 0.362 e. The molecule has 1 aromatic heterocycles. The molecule has 0 unspecified atom stereocenters. The van der Waals surface area contributed by atoms with E-state index >= 15 is 0 Å². The number of halogens is 1. The molecule has 1 aliphatic rings. The lowest BCUT2D eigenvalue weighted by Crippen LogP contribution is -2.34. The van der Waals surface area contributed by atoms with Crippen LogP contribution in [-0.4, -0.2) is 27.9 Å². The summed E-state index contributed by atoms with van der Waals surface area (Å²) in [6.07, 6.45) is 1.81. The first kappa shape index (κ1) is 13.6. The van der Waals surface area contributed by atoms with E-state index in [2.05, 4.69) is 66.0 Å². The highest BCUT2D eigenvalue weighted by Crippen LogP contribution is 2.27. The summed E-state index contributed by atoms with van der Waals surface area (Å²) >= 11 is 3.58. The maximum atomic E-state index is 4.19. The third-order valence-corrected chi connectivity index (χ3v) is 4.09. The van der Waals surface area contributed by atoms with Crippen molar-refractivity contribution in [3.05, 3.63) is 40.4 Å². The minimum Gasteiger partial charge on any atom is -0.362 e. The van der Waals surface area contributed by atoms with Gasteiger partial charge in [-0.25, -0.2) is 0 Å². The van der Waals surface area contributed by atoms with Crippen LogP contribution in [0.5, 0.6) is 0 Å². The number of nitrogens with zero attached hydrogens (tertiary/aromatic N) is 4. The van der Waals surface area contributed by atoms with Gasteiger partial charge in [0.2, 0.25) is 0 Å². The highest BCUT2D eigenvalue weighted by atomic mass is 79.9. The molecule has 0 saturated carbocycles. The number of anilines is 1. The number of nitrogens with one attached hydrogen (secondary N) is 1. The van der Waals surface area contributed by atoms with Crippen LogP contribution >= 0.6 is 15.9 Å². The smallest absolute Gasteiger partial charge is 0.152 e. The molecule has 0 amide bonds. The number of benzene rings is 1. The molecule has 0 aliphatic carbocycles. The van der Waals surface area contributed by atoms with Gasteiger partial charge in [0, 0.05) is 29.8 Å². The Balaban J connectivity index is 1.87. The van der Waals surface area contributed by atoms with Crippen LogP contribution < -0.4 is 10.2 Å². The number of hydrogen-bond donors (Lipinski definition) is 1. The lowest BCUT2D eigenvalue weighted by molar-refractivity contribution is 0.557. The predicted octanol–water partition coefficient (Wildman–Crippen LogP) is 2.17. The highest BCUT2D eigenvalue weighted by molar-refractivity contribution is 9.10. The quantitative estimate of drug-likeness (QED) is 0.930. The highest BCUT2D eigenvalue weighted by Gasteiger charge is 2.19. The van der Waals surface area contributed by atoms with Crippen molar-refractivity contribution < 1.29 is 0 Å². The third-order valence-electron chi connectivity index (χ3n) is 3.59. The van der Waals surface area contributed by atoms with Crippen molar-refractivity contribution in [3.8, 4) is 0 Å². The van der Waals surface area contributed by atoms with Gasteiger partial charge in [-0.05, 0) is 24.2 Å². The molecule has 0 atom stereocenters. The van der Waals surface area contributed by atoms with Crippen LogP contribution in [-0.2, 0) is 19.6 Å². The van der Waals surface area contributed by atoms with Gasteiger partial charge in [0.15, 0.2) is 5.82 Å². The van der Waals surface area contributed by atoms with E-state index in [0.29, 0.717) is 0 Å². The second-order valence-corrected chi connectivity index (χ2v) is 5.83. The van der Waals surface area contributed by atoms with Crippen LogP contribution in [0.25, 0.3) is 0 Å². The molecular weight excluding hydrogens is 318 g/mol. The second kappa shape index (κ2) is 5.93. The number of fused-ring (bicyclic) bond motifs is 1. The number of aromatic nitrogens is 3. The van der Waals surface area contributed by atoms with Gasteiger partial charge >= 0.3 is 0 Å². The molecule has 20 heavy (non-hydrogen) atoms. The monoisotopic (exact) mass is 335 g/mol. The summed E-state index contributed by atoms with van der Waals surface area (Å²) in [5.41, 5.74) is 2.59. The fourth-order valence-electron chi connectivity index (χ4n) is 2.51. The van der Waals surface area contributed by atoms with E-state index in [4.69, 9.17) is 0 Å². The van der Waals surface area contributed by atoms with E-state index in [-0.39, 0.29) is 0 Å². The van der Waals surface area contributed by atoms with Gasteiger partial charge in [0.05, 0.1) is 6.54 Å². The Kier molecular flexibility index (Phi) is 4.03. The van der Waals surface area contributed by atoms with Crippen molar-refractivity contribution >= 4 is 21.6 Å². The first-order valence-corrected chi connectivity index (χ1v) is 7.68. The summed E-state index contributed by atoms with van der Waals surface area (Å²) in [4.78, 5) is 2.38.